The second-order valence-corrected chi connectivity index (χ2v) is 5.58. The van der Waals surface area contributed by atoms with Gasteiger partial charge in [0.25, 0.3) is 0 Å². The standard InChI is InChI=1S/C12H14B2Cl2N2O4/c15-11-9(12(16)18-8-17-11)7-10(13-19-3-1-4-20-13)14-21-5-2-6-22-14/h7-8H,1-6H2. The van der Waals surface area contributed by atoms with Crippen LogP contribution in [0.2, 0.25) is 10.3 Å². The fourth-order valence-corrected chi connectivity index (χ4v) is 2.67. The molecule has 22 heavy (non-hydrogen) atoms. The number of rotatable bonds is 3. The molecule has 10 heteroatoms. The van der Waals surface area contributed by atoms with Gasteiger partial charge in [0.15, 0.2) is 0 Å². The van der Waals surface area contributed by atoms with E-state index in [1.807, 2.05) is 0 Å². The fourth-order valence-electron chi connectivity index (χ4n) is 2.25. The molecule has 2 aliphatic rings. The molecule has 6 nitrogen and oxygen atoms in total. The van der Waals surface area contributed by atoms with Crippen LogP contribution >= 0.6 is 23.2 Å². The van der Waals surface area contributed by atoms with E-state index in [9.17, 15) is 0 Å². The molecule has 0 radical (unpaired) electrons. The highest BCUT2D eigenvalue weighted by Crippen LogP contribution is 2.26. The van der Waals surface area contributed by atoms with E-state index < -0.39 is 14.2 Å². The van der Waals surface area contributed by atoms with Gasteiger partial charge in [0.2, 0.25) is 0 Å². The number of halogens is 2. The Morgan fingerprint density at radius 3 is 1.82 bits per heavy atom. The average molecular weight is 343 g/mol. The Hall–Kier alpha value is -0.630. The zero-order valence-electron chi connectivity index (χ0n) is 11.8. The van der Waals surface area contributed by atoms with E-state index >= 15 is 0 Å². The van der Waals surface area contributed by atoms with Crippen LogP contribution in [0.1, 0.15) is 18.4 Å². The number of aromatic nitrogens is 2. The highest BCUT2D eigenvalue weighted by molar-refractivity contribution is 6.79. The van der Waals surface area contributed by atoms with Crippen LogP contribution < -0.4 is 0 Å². The van der Waals surface area contributed by atoms with Crippen molar-refractivity contribution < 1.29 is 18.6 Å². The Labute approximate surface area is 139 Å². The number of nitrogens with zero attached hydrogens (tertiary/aromatic N) is 2. The molecule has 0 bridgehead atoms. The number of hydrogen-bond donors (Lipinski definition) is 0. The lowest BCUT2D eigenvalue weighted by Crippen LogP contribution is -2.43. The summed E-state index contributed by atoms with van der Waals surface area (Å²) in [5.74, 6) is 0. The summed E-state index contributed by atoms with van der Waals surface area (Å²) in [7, 11) is -1.10. The zero-order valence-corrected chi connectivity index (χ0v) is 13.3. The first-order valence-corrected chi connectivity index (χ1v) is 7.85. The Morgan fingerprint density at radius 1 is 0.909 bits per heavy atom. The van der Waals surface area contributed by atoms with Crippen LogP contribution in [0.25, 0.3) is 6.08 Å². The molecule has 1 aromatic heterocycles. The Bertz CT molecular complexity index is 512. The van der Waals surface area contributed by atoms with E-state index in [0.29, 0.717) is 37.4 Å². The van der Waals surface area contributed by atoms with Crippen molar-refractivity contribution in [1.29, 1.82) is 0 Å². The minimum atomic E-state index is -0.552. The van der Waals surface area contributed by atoms with Crippen molar-refractivity contribution in [2.45, 2.75) is 12.8 Å². The first kappa shape index (κ1) is 16.2. The maximum absolute atomic E-state index is 6.11. The lowest BCUT2D eigenvalue weighted by Gasteiger charge is -2.27. The van der Waals surface area contributed by atoms with Crippen molar-refractivity contribution >= 4 is 43.5 Å². The molecule has 2 fully saturated rings. The van der Waals surface area contributed by atoms with Gasteiger partial charge < -0.3 is 18.6 Å². The third-order valence-electron chi connectivity index (χ3n) is 3.30. The Balaban J connectivity index is 1.94. The lowest BCUT2D eigenvalue weighted by molar-refractivity contribution is 0.127. The van der Waals surface area contributed by atoms with Gasteiger partial charge in [-0.2, -0.15) is 0 Å². The zero-order chi connectivity index (χ0) is 15.4. The van der Waals surface area contributed by atoms with E-state index in [1.54, 1.807) is 6.08 Å². The van der Waals surface area contributed by atoms with Crippen molar-refractivity contribution in [3.8, 4) is 0 Å². The summed E-state index contributed by atoms with van der Waals surface area (Å²) in [5, 5.41) is 1.19. The summed E-state index contributed by atoms with van der Waals surface area (Å²) < 4.78 is 22.7. The lowest BCUT2D eigenvalue weighted by atomic mass is 9.56. The second-order valence-electron chi connectivity index (χ2n) is 4.87. The average Bonchev–Trinajstić information content (AvgIpc) is 2.56. The molecular weight excluding hydrogens is 329 g/mol. The van der Waals surface area contributed by atoms with Crippen molar-refractivity contribution in [1.82, 2.24) is 9.97 Å². The molecule has 0 aromatic carbocycles. The smallest absolute Gasteiger partial charge is 0.408 e. The maximum Gasteiger partial charge on any atom is 0.485 e. The van der Waals surface area contributed by atoms with E-state index in [2.05, 4.69) is 9.97 Å². The topological polar surface area (TPSA) is 62.7 Å². The molecule has 0 aliphatic carbocycles. The third-order valence-corrected chi connectivity index (χ3v) is 3.90. The van der Waals surface area contributed by atoms with E-state index in [-0.39, 0.29) is 10.3 Å². The molecule has 0 saturated carbocycles. The van der Waals surface area contributed by atoms with Crippen molar-refractivity contribution in [3.05, 3.63) is 27.6 Å². The van der Waals surface area contributed by atoms with Crippen LogP contribution in [-0.2, 0) is 18.6 Å². The van der Waals surface area contributed by atoms with Gasteiger partial charge in [0.1, 0.15) is 16.6 Å². The van der Waals surface area contributed by atoms with Gasteiger partial charge in [0, 0.05) is 32.0 Å². The second kappa shape index (κ2) is 7.77. The molecule has 0 spiro atoms. The third kappa shape index (κ3) is 3.82. The minimum Gasteiger partial charge on any atom is -0.408 e. The van der Waals surface area contributed by atoms with Gasteiger partial charge in [-0.25, -0.2) is 9.97 Å². The van der Waals surface area contributed by atoms with Crippen LogP contribution in [0.5, 0.6) is 0 Å². The summed E-state index contributed by atoms with van der Waals surface area (Å²) >= 11 is 12.2. The first-order chi connectivity index (χ1) is 10.8. The highest BCUT2D eigenvalue weighted by atomic mass is 35.5. The van der Waals surface area contributed by atoms with Gasteiger partial charge in [0.05, 0.1) is 0 Å². The van der Waals surface area contributed by atoms with Crippen LogP contribution in [0.3, 0.4) is 0 Å². The molecule has 1 aromatic rings. The van der Waals surface area contributed by atoms with Crippen LogP contribution in [-0.4, -0.2) is 50.6 Å². The molecule has 3 rings (SSSR count). The summed E-state index contributed by atoms with van der Waals surface area (Å²) in [5.41, 5.74) is 0.497. The quantitative estimate of drug-likeness (QED) is 0.619. The fraction of sp³-hybridized carbons (Fsp3) is 0.500. The molecular formula is C12H14B2Cl2N2O4. The molecule has 0 N–H and O–H groups in total. The van der Waals surface area contributed by atoms with Gasteiger partial charge in [-0.05, 0) is 18.2 Å². The molecule has 0 amide bonds. The molecule has 0 unspecified atom stereocenters. The van der Waals surface area contributed by atoms with E-state index in [4.69, 9.17) is 41.8 Å². The summed E-state index contributed by atoms with van der Waals surface area (Å²) in [4.78, 5) is 7.89. The van der Waals surface area contributed by atoms with Crippen LogP contribution in [0.15, 0.2) is 11.7 Å². The maximum atomic E-state index is 6.11. The van der Waals surface area contributed by atoms with E-state index in [1.165, 1.54) is 6.33 Å². The van der Waals surface area contributed by atoms with E-state index in [0.717, 1.165) is 12.8 Å². The molecule has 0 atom stereocenters. The predicted octanol–water partition coefficient (Wildman–Crippen LogP) is 2.10. The summed E-state index contributed by atoms with van der Waals surface area (Å²) in [6, 6.07) is 0. The largest absolute Gasteiger partial charge is 0.485 e. The highest BCUT2D eigenvalue weighted by Gasteiger charge is 2.39. The summed E-state index contributed by atoms with van der Waals surface area (Å²) in [6.45, 7) is 2.45. The number of hydrogen-bond acceptors (Lipinski definition) is 6. The van der Waals surface area contributed by atoms with Crippen LogP contribution in [0, 0.1) is 0 Å². The minimum absolute atomic E-state index is 0.254. The SMILES string of the molecule is Clc1ncnc(Cl)c1C=C(B1OCCCO1)B1OCCCO1. The van der Waals surface area contributed by atoms with Crippen molar-refractivity contribution in [2.75, 3.05) is 26.4 Å². The molecule has 3 heterocycles. The van der Waals surface area contributed by atoms with Gasteiger partial charge in [-0.3, -0.25) is 0 Å². The van der Waals surface area contributed by atoms with Crippen molar-refractivity contribution in [2.24, 2.45) is 0 Å². The Kier molecular flexibility index (Phi) is 5.73. The van der Waals surface area contributed by atoms with Crippen LogP contribution in [0.4, 0.5) is 0 Å². The molecule has 116 valence electrons. The monoisotopic (exact) mass is 342 g/mol. The molecule has 2 aliphatic heterocycles. The predicted molar refractivity (Wildman–Crippen MR) is 84.6 cm³/mol. The molecule has 2 saturated heterocycles. The van der Waals surface area contributed by atoms with Crippen molar-refractivity contribution in [3.63, 3.8) is 0 Å². The summed E-state index contributed by atoms with van der Waals surface area (Å²) in [6.07, 6.45) is 4.75. The van der Waals surface area contributed by atoms with Gasteiger partial charge in [-0.15, -0.1) is 0 Å². The normalized spacial score (nSPS) is 19.2. The van der Waals surface area contributed by atoms with Gasteiger partial charge >= 0.3 is 14.2 Å². The Morgan fingerprint density at radius 2 is 1.36 bits per heavy atom. The van der Waals surface area contributed by atoms with Gasteiger partial charge in [-0.1, -0.05) is 29.3 Å². The first-order valence-electron chi connectivity index (χ1n) is 7.09.